The molecule has 1 amide bonds. The lowest BCUT2D eigenvalue weighted by molar-refractivity contribution is 0.0999. The largest absolute Gasteiger partial charge is 0.365 e. The van der Waals surface area contributed by atoms with E-state index in [1.54, 1.807) is 4.68 Å². The Morgan fingerprint density at radius 3 is 2.50 bits per heavy atom. The molecule has 0 aliphatic carbocycles. The summed E-state index contributed by atoms with van der Waals surface area (Å²) in [5.74, 6) is -0.450. The van der Waals surface area contributed by atoms with Crippen molar-refractivity contribution in [3.05, 3.63) is 45.3 Å². The highest BCUT2D eigenvalue weighted by Gasteiger charge is 2.11. The van der Waals surface area contributed by atoms with Gasteiger partial charge in [-0.1, -0.05) is 0 Å². The monoisotopic (exact) mass is 327 g/mol. The zero-order valence-corrected chi connectivity index (χ0v) is 10.8. The summed E-state index contributed by atoms with van der Waals surface area (Å²) in [6, 6.07) is 7.88. The van der Waals surface area contributed by atoms with Crippen LogP contribution in [0.2, 0.25) is 0 Å². The Bertz CT molecular complexity index is 531. The van der Waals surface area contributed by atoms with Crippen LogP contribution in [0.15, 0.2) is 30.5 Å². The molecule has 0 saturated heterocycles. The van der Waals surface area contributed by atoms with Gasteiger partial charge < -0.3 is 5.73 Å². The summed E-state index contributed by atoms with van der Waals surface area (Å²) in [5, 5.41) is 4.15. The number of aromatic nitrogens is 2. The molecule has 0 fully saturated rings. The van der Waals surface area contributed by atoms with E-state index < -0.39 is 5.91 Å². The first kappa shape index (κ1) is 11.1. The Balaban J connectivity index is 2.49. The minimum atomic E-state index is -0.450. The number of hydrogen-bond acceptors (Lipinski definition) is 2. The fourth-order valence-electron chi connectivity index (χ4n) is 1.49. The first-order valence-corrected chi connectivity index (χ1v) is 5.78. The van der Waals surface area contributed by atoms with Crippen LogP contribution in [0.1, 0.15) is 16.1 Å². The van der Waals surface area contributed by atoms with Gasteiger partial charge in [-0.05, 0) is 53.8 Å². The SMILES string of the molecule is Cc1c(C(N)=O)cnn1-c1ccc(I)cc1. The summed E-state index contributed by atoms with van der Waals surface area (Å²) in [5.41, 5.74) is 7.37. The van der Waals surface area contributed by atoms with Crippen LogP contribution in [0.25, 0.3) is 5.69 Å². The second-order valence-corrected chi connectivity index (χ2v) is 4.64. The van der Waals surface area contributed by atoms with Gasteiger partial charge in [0.05, 0.1) is 23.1 Å². The second-order valence-electron chi connectivity index (χ2n) is 3.40. The van der Waals surface area contributed by atoms with E-state index in [4.69, 9.17) is 5.73 Å². The van der Waals surface area contributed by atoms with Crippen molar-refractivity contribution in [1.82, 2.24) is 9.78 Å². The number of primary amides is 1. The van der Waals surface area contributed by atoms with Crippen molar-refractivity contribution in [2.24, 2.45) is 5.73 Å². The number of nitrogens with zero attached hydrogens (tertiary/aromatic N) is 2. The van der Waals surface area contributed by atoms with Gasteiger partial charge in [-0.15, -0.1) is 0 Å². The van der Waals surface area contributed by atoms with E-state index in [0.29, 0.717) is 5.56 Å². The Morgan fingerprint density at radius 1 is 1.38 bits per heavy atom. The summed E-state index contributed by atoms with van der Waals surface area (Å²) < 4.78 is 2.86. The van der Waals surface area contributed by atoms with E-state index in [1.165, 1.54) is 6.20 Å². The Kier molecular flexibility index (Phi) is 2.95. The Hall–Kier alpha value is -1.37. The molecule has 1 aromatic carbocycles. The van der Waals surface area contributed by atoms with Crippen LogP contribution in [0.4, 0.5) is 0 Å². The van der Waals surface area contributed by atoms with Crippen LogP contribution < -0.4 is 5.73 Å². The highest BCUT2D eigenvalue weighted by atomic mass is 127. The summed E-state index contributed by atoms with van der Waals surface area (Å²) in [4.78, 5) is 11.1. The molecule has 1 heterocycles. The van der Waals surface area contributed by atoms with E-state index in [9.17, 15) is 4.79 Å². The number of halogens is 1. The molecule has 5 heteroatoms. The molecule has 16 heavy (non-hydrogen) atoms. The van der Waals surface area contributed by atoms with E-state index in [2.05, 4.69) is 27.7 Å². The predicted molar refractivity (Wildman–Crippen MR) is 69.5 cm³/mol. The maximum absolute atomic E-state index is 11.1. The van der Waals surface area contributed by atoms with Gasteiger partial charge in [0, 0.05) is 3.57 Å². The van der Waals surface area contributed by atoms with Crippen LogP contribution in [-0.2, 0) is 0 Å². The van der Waals surface area contributed by atoms with E-state index in [1.807, 2.05) is 31.2 Å². The molecule has 82 valence electrons. The minimum absolute atomic E-state index is 0.450. The standard InChI is InChI=1S/C11H10IN3O/c1-7-10(11(13)16)6-14-15(7)9-4-2-8(12)3-5-9/h2-6H,1H3,(H2,13,16). The number of amides is 1. The van der Waals surface area contributed by atoms with Crippen molar-refractivity contribution in [3.8, 4) is 5.69 Å². The normalized spacial score (nSPS) is 10.4. The first-order chi connectivity index (χ1) is 7.59. The maximum atomic E-state index is 11.1. The average molecular weight is 327 g/mol. The minimum Gasteiger partial charge on any atom is -0.365 e. The molecule has 2 rings (SSSR count). The molecule has 0 spiro atoms. The molecule has 1 aromatic heterocycles. The lowest BCUT2D eigenvalue weighted by Crippen LogP contribution is -2.12. The number of rotatable bonds is 2. The van der Waals surface area contributed by atoms with Gasteiger partial charge in [-0.3, -0.25) is 4.79 Å². The third kappa shape index (κ3) is 1.95. The van der Waals surface area contributed by atoms with Gasteiger partial charge in [0.2, 0.25) is 0 Å². The quantitative estimate of drug-likeness (QED) is 0.856. The molecule has 2 aromatic rings. The van der Waals surface area contributed by atoms with Gasteiger partial charge in [-0.2, -0.15) is 5.10 Å². The highest BCUT2D eigenvalue weighted by molar-refractivity contribution is 14.1. The summed E-state index contributed by atoms with van der Waals surface area (Å²) in [6.45, 7) is 1.82. The molecule has 4 nitrogen and oxygen atoms in total. The van der Waals surface area contributed by atoms with Crippen LogP contribution in [0.5, 0.6) is 0 Å². The molecule has 0 aliphatic rings. The van der Waals surface area contributed by atoms with Gasteiger partial charge >= 0.3 is 0 Å². The number of hydrogen-bond donors (Lipinski definition) is 1. The molecule has 0 radical (unpaired) electrons. The predicted octanol–water partition coefficient (Wildman–Crippen LogP) is 1.88. The fourth-order valence-corrected chi connectivity index (χ4v) is 1.85. The van der Waals surface area contributed by atoms with Crippen molar-refractivity contribution in [2.45, 2.75) is 6.92 Å². The zero-order chi connectivity index (χ0) is 11.7. The lowest BCUT2D eigenvalue weighted by atomic mass is 10.2. The maximum Gasteiger partial charge on any atom is 0.252 e. The van der Waals surface area contributed by atoms with Gasteiger partial charge in [0.1, 0.15) is 0 Å². The van der Waals surface area contributed by atoms with Gasteiger partial charge in [-0.25, -0.2) is 4.68 Å². The van der Waals surface area contributed by atoms with Crippen molar-refractivity contribution in [1.29, 1.82) is 0 Å². The van der Waals surface area contributed by atoms with Gasteiger partial charge in [0.15, 0.2) is 0 Å². The lowest BCUT2D eigenvalue weighted by Gasteiger charge is -2.04. The molecule has 0 atom stereocenters. The first-order valence-electron chi connectivity index (χ1n) is 4.70. The molecule has 0 saturated carbocycles. The summed E-state index contributed by atoms with van der Waals surface area (Å²) >= 11 is 2.24. The van der Waals surface area contributed by atoms with E-state index in [-0.39, 0.29) is 0 Å². The van der Waals surface area contributed by atoms with Crippen LogP contribution in [0.3, 0.4) is 0 Å². The molecule has 0 bridgehead atoms. The van der Waals surface area contributed by atoms with E-state index in [0.717, 1.165) is 15.0 Å². The van der Waals surface area contributed by atoms with Crippen LogP contribution >= 0.6 is 22.6 Å². The Labute approximate surface area is 107 Å². The molecular weight excluding hydrogens is 317 g/mol. The topological polar surface area (TPSA) is 60.9 Å². The molecule has 2 N–H and O–H groups in total. The van der Waals surface area contributed by atoms with Crippen molar-refractivity contribution in [2.75, 3.05) is 0 Å². The number of carbonyl (C=O) groups is 1. The summed E-state index contributed by atoms with van der Waals surface area (Å²) in [6.07, 6.45) is 1.50. The molecule has 0 aliphatic heterocycles. The highest BCUT2D eigenvalue weighted by Crippen LogP contribution is 2.15. The van der Waals surface area contributed by atoms with E-state index >= 15 is 0 Å². The Morgan fingerprint density at radius 2 is 2.00 bits per heavy atom. The van der Waals surface area contributed by atoms with Crippen molar-refractivity contribution < 1.29 is 4.79 Å². The van der Waals surface area contributed by atoms with Crippen molar-refractivity contribution in [3.63, 3.8) is 0 Å². The third-order valence-corrected chi connectivity index (χ3v) is 3.07. The smallest absolute Gasteiger partial charge is 0.252 e. The van der Waals surface area contributed by atoms with Gasteiger partial charge in [0.25, 0.3) is 5.91 Å². The molecular formula is C11H10IN3O. The fraction of sp³-hybridized carbons (Fsp3) is 0.0909. The molecule has 0 unspecified atom stereocenters. The average Bonchev–Trinajstić information content (AvgIpc) is 2.61. The third-order valence-electron chi connectivity index (χ3n) is 2.35. The summed E-state index contributed by atoms with van der Waals surface area (Å²) in [7, 11) is 0. The second kappa shape index (κ2) is 4.25. The number of nitrogens with two attached hydrogens (primary N) is 1. The van der Waals surface area contributed by atoms with Crippen molar-refractivity contribution >= 4 is 28.5 Å². The van der Waals surface area contributed by atoms with Crippen LogP contribution in [0, 0.1) is 10.5 Å². The van der Waals surface area contributed by atoms with Crippen LogP contribution in [-0.4, -0.2) is 15.7 Å². The number of carbonyl (C=O) groups excluding carboxylic acids is 1. The zero-order valence-electron chi connectivity index (χ0n) is 8.64. The number of benzene rings is 1.